The Bertz CT molecular complexity index is 698. The van der Waals surface area contributed by atoms with E-state index in [0.717, 1.165) is 5.56 Å². The number of halogens is 2. The molecule has 0 aliphatic carbocycles. The van der Waals surface area contributed by atoms with Gasteiger partial charge in [-0.2, -0.15) is 0 Å². The van der Waals surface area contributed by atoms with Crippen LogP contribution in [0, 0.1) is 21.7 Å². The van der Waals surface area contributed by atoms with Gasteiger partial charge in [0.05, 0.1) is 23.1 Å². The molecule has 0 aromatic heterocycles. The molecule has 21 heavy (non-hydrogen) atoms. The second-order valence-corrected chi connectivity index (χ2v) is 4.59. The smallest absolute Gasteiger partial charge is 0.275 e. The predicted molar refractivity (Wildman–Crippen MR) is 71.3 cm³/mol. The summed E-state index contributed by atoms with van der Waals surface area (Å²) in [6.45, 7) is 0.231. The highest BCUT2D eigenvalue weighted by atomic mass is 19.1. The molecule has 2 aromatic rings. The SMILES string of the molecule is O=[N+]([O-])c1cc(F)c(NC2COc3ccccc32)c(F)c1. The Labute approximate surface area is 118 Å². The minimum Gasteiger partial charge on any atom is -0.491 e. The number of rotatable bonds is 3. The normalized spacial score (nSPS) is 16.2. The molecular formula is C14H10F2N2O3. The minimum absolute atomic E-state index is 0.231. The summed E-state index contributed by atoms with van der Waals surface area (Å²) < 4.78 is 33.1. The Balaban J connectivity index is 1.91. The average Bonchev–Trinajstić information content (AvgIpc) is 2.86. The van der Waals surface area contributed by atoms with Crippen LogP contribution in [-0.4, -0.2) is 11.5 Å². The second kappa shape index (κ2) is 5.01. The number of hydrogen-bond donors (Lipinski definition) is 1. The first-order chi connectivity index (χ1) is 10.1. The number of nitro benzene ring substituents is 1. The quantitative estimate of drug-likeness (QED) is 0.695. The standard InChI is InChI=1S/C14H10F2N2O3/c15-10-5-8(18(19)20)6-11(16)14(10)17-12-7-21-13-4-2-1-3-9(12)13/h1-6,12,17H,7H2. The van der Waals surface area contributed by atoms with Crippen LogP contribution in [0.25, 0.3) is 0 Å². The summed E-state index contributed by atoms with van der Waals surface area (Å²) in [5, 5.41) is 13.3. The van der Waals surface area contributed by atoms with Crippen LogP contribution in [0.3, 0.4) is 0 Å². The third kappa shape index (κ3) is 2.37. The van der Waals surface area contributed by atoms with Crippen LogP contribution in [0.5, 0.6) is 5.75 Å². The van der Waals surface area contributed by atoms with Crippen molar-refractivity contribution >= 4 is 11.4 Å². The maximum atomic E-state index is 13.9. The molecule has 0 bridgehead atoms. The Kier molecular flexibility index (Phi) is 3.17. The number of anilines is 1. The van der Waals surface area contributed by atoms with Crippen LogP contribution in [0.1, 0.15) is 11.6 Å². The minimum atomic E-state index is -1.01. The number of benzene rings is 2. The predicted octanol–water partition coefficient (Wildman–Crippen LogP) is 3.42. The van der Waals surface area contributed by atoms with Gasteiger partial charge < -0.3 is 10.1 Å². The van der Waals surface area contributed by atoms with Crippen molar-refractivity contribution in [3.63, 3.8) is 0 Å². The lowest BCUT2D eigenvalue weighted by atomic mass is 10.1. The molecule has 0 saturated carbocycles. The van der Waals surface area contributed by atoms with Gasteiger partial charge >= 0.3 is 0 Å². The van der Waals surface area contributed by atoms with Gasteiger partial charge in [-0.1, -0.05) is 18.2 Å². The maximum absolute atomic E-state index is 13.9. The van der Waals surface area contributed by atoms with E-state index in [2.05, 4.69) is 5.32 Å². The number of non-ortho nitro benzene ring substituents is 1. The third-order valence-electron chi connectivity index (χ3n) is 3.26. The van der Waals surface area contributed by atoms with Crippen LogP contribution in [0.15, 0.2) is 36.4 Å². The van der Waals surface area contributed by atoms with Crippen LogP contribution in [0.4, 0.5) is 20.2 Å². The molecule has 0 radical (unpaired) electrons. The molecule has 1 aliphatic rings. The molecule has 0 spiro atoms. The molecule has 0 amide bonds. The zero-order valence-corrected chi connectivity index (χ0v) is 10.7. The molecule has 7 heteroatoms. The van der Waals surface area contributed by atoms with Gasteiger partial charge in [0, 0.05) is 5.56 Å². The lowest BCUT2D eigenvalue weighted by Gasteiger charge is -2.14. The van der Waals surface area contributed by atoms with Crippen molar-refractivity contribution in [2.75, 3.05) is 11.9 Å². The van der Waals surface area contributed by atoms with Crippen molar-refractivity contribution < 1.29 is 18.4 Å². The fraction of sp³-hybridized carbons (Fsp3) is 0.143. The van der Waals surface area contributed by atoms with E-state index < -0.39 is 34.0 Å². The summed E-state index contributed by atoms with van der Waals surface area (Å²) >= 11 is 0. The first-order valence-electron chi connectivity index (χ1n) is 6.18. The van der Waals surface area contributed by atoms with Crippen LogP contribution >= 0.6 is 0 Å². The fourth-order valence-corrected chi connectivity index (χ4v) is 2.26. The summed E-state index contributed by atoms with van der Waals surface area (Å²) in [4.78, 5) is 9.71. The Morgan fingerprint density at radius 1 is 1.24 bits per heavy atom. The monoisotopic (exact) mass is 292 g/mol. The lowest BCUT2D eigenvalue weighted by Crippen LogP contribution is -2.14. The van der Waals surface area contributed by atoms with Crippen LogP contribution < -0.4 is 10.1 Å². The molecule has 1 atom stereocenters. The van der Waals surface area contributed by atoms with E-state index in [1.54, 1.807) is 24.3 Å². The van der Waals surface area contributed by atoms with Gasteiger partial charge in [-0.3, -0.25) is 10.1 Å². The number of fused-ring (bicyclic) bond motifs is 1. The van der Waals surface area contributed by atoms with Crippen molar-refractivity contribution in [3.05, 3.63) is 63.7 Å². The summed E-state index contributed by atoms with van der Waals surface area (Å²) in [6, 6.07) is 8.12. The zero-order chi connectivity index (χ0) is 15.0. The number of ether oxygens (including phenoxy) is 1. The van der Waals surface area contributed by atoms with Crippen molar-refractivity contribution in [2.45, 2.75) is 6.04 Å². The largest absolute Gasteiger partial charge is 0.491 e. The first-order valence-corrected chi connectivity index (χ1v) is 6.18. The van der Waals surface area contributed by atoms with Crippen molar-refractivity contribution in [1.82, 2.24) is 0 Å². The third-order valence-corrected chi connectivity index (χ3v) is 3.26. The fourth-order valence-electron chi connectivity index (χ4n) is 2.26. The van der Waals surface area contributed by atoms with E-state index in [0.29, 0.717) is 17.9 Å². The molecule has 0 fully saturated rings. The van der Waals surface area contributed by atoms with Gasteiger partial charge in [0.2, 0.25) is 0 Å². The van der Waals surface area contributed by atoms with Gasteiger partial charge in [-0.05, 0) is 6.07 Å². The maximum Gasteiger partial charge on any atom is 0.275 e. The zero-order valence-electron chi connectivity index (χ0n) is 10.7. The van der Waals surface area contributed by atoms with Gasteiger partial charge in [0.25, 0.3) is 5.69 Å². The van der Waals surface area contributed by atoms with E-state index >= 15 is 0 Å². The summed E-state index contributed by atoms with van der Waals surface area (Å²) in [5.41, 5.74) is -0.237. The van der Waals surface area contributed by atoms with Crippen molar-refractivity contribution in [1.29, 1.82) is 0 Å². The average molecular weight is 292 g/mol. The number of nitrogens with zero attached hydrogens (tertiary/aromatic N) is 1. The van der Waals surface area contributed by atoms with Crippen molar-refractivity contribution in [3.8, 4) is 5.75 Å². The van der Waals surface area contributed by atoms with E-state index in [9.17, 15) is 18.9 Å². The number of hydrogen-bond acceptors (Lipinski definition) is 4. The van der Waals surface area contributed by atoms with Crippen molar-refractivity contribution in [2.24, 2.45) is 0 Å². The molecule has 2 aromatic carbocycles. The first kappa shape index (κ1) is 13.3. The van der Waals surface area contributed by atoms with Gasteiger partial charge in [-0.25, -0.2) is 8.78 Å². The molecule has 3 rings (SSSR count). The van der Waals surface area contributed by atoms with Gasteiger partial charge in [-0.15, -0.1) is 0 Å². The van der Waals surface area contributed by atoms with E-state index in [4.69, 9.17) is 4.74 Å². The molecule has 5 nitrogen and oxygen atoms in total. The van der Waals surface area contributed by atoms with Gasteiger partial charge in [0.1, 0.15) is 18.0 Å². The number of para-hydroxylation sites is 1. The van der Waals surface area contributed by atoms with E-state index in [-0.39, 0.29) is 6.61 Å². The topological polar surface area (TPSA) is 64.4 Å². The second-order valence-electron chi connectivity index (χ2n) is 4.59. The highest BCUT2D eigenvalue weighted by Crippen LogP contribution is 2.36. The summed E-state index contributed by atoms with van der Waals surface area (Å²) in [7, 11) is 0. The van der Waals surface area contributed by atoms with E-state index in [1.807, 2.05) is 0 Å². The Hall–Kier alpha value is -2.70. The Morgan fingerprint density at radius 2 is 1.90 bits per heavy atom. The number of nitrogens with one attached hydrogen (secondary N) is 1. The van der Waals surface area contributed by atoms with Crippen LogP contribution in [0.2, 0.25) is 0 Å². The number of nitro groups is 1. The Morgan fingerprint density at radius 3 is 2.57 bits per heavy atom. The van der Waals surface area contributed by atoms with Gasteiger partial charge in [0.15, 0.2) is 11.6 Å². The summed E-state index contributed by atoms with van der Waals surface area (Å²) in [5.74, 6) is -1.37. The molecule has 1 N–H and O–H groups in total. The van der Waals surface area contributed by atoms with E-state index in [1.165, 1.54) is 0 Å². The highest BCUT2D eigenvalue weighted by molar-refractivity contribution is 5.54. The lowest BCUT2D eigenvalue weighted by molar-refractivity contribution is -0.385. The molecular weight excluding hydrogens is 282 g/mol. The molecule has 0 saturated heterocycles. The molecule has 1 aliphatic heterocycles. The summed E-state index contributed by atoms with van der Waals surface area (Å²) in [6.07, 6.45) is 0. The molecule has 1 unspecified atom stereocenters. The molecule has 1 heterocycles. The molecule has 108 valence electrons. The van der Waals surface area contributed by atoms with Crippen LogP contribution in [-0.2, 0) is 0 Å². The highest BCUT2D eigenvalue weighted by Gasteiger charge is 2.26.